The Morgan fingerprint density at radius 1 is 0.800 bits per heavy atom. The number of thioether (sulfide) groups is 1. The van der Waals surface area contributed by atoms with Crippen LogP contribution in [0.1, 0.15) is 79.1 Å². The van der Waals surface area contributed by atoms with Crippen molar-refractivity contribution >= 4 is 11.8 Å². The van der Waals surface area contributed by atoms with Crippen molar-refractivity contribution < 1.29 is 0 Å². The molecular weight excluding hydrogens is 200 g/mol. The van der Waals surface area contributed by atoms with Crippen molar-refractivity contribution in [3.05, 3.63) is 0 Å². The average Bonchev–Trinajstić information content (AvgIpc) is 2.19. The second-order valence-corrected chi connectivity index (χ2v) is 6.54. The summed E-state index contributed by atoms with van der Waals surface area (Å²) in [6.07, 6.45) is 11.1. The van der Waals surface area contributed by atoms with Crippen molar-refractivity contribution in [1.82, 2.24) is 0 Å². The lowest BCUT2D eigenvalue weighted by Gasteiger charge is -2.29. The molecule has 1 heteroatoms. The van der Waals surface area contributed by atoms with E-state index in [2.05, 4.69) is 39.5 Å². The largest absolute Gasteiger partial charge is 0.155 e. The molecule has 0 aliphatic carbocycles. The van der Waals surface area contributed by atoms with E-state index in [1.54, 1.807) is 0 Å². The molecule has 92 valence electrons. The maximum atomic E-state index is 2.48. The molecule has 0 spiro atoms. The maximum Gasteiger partial charge on any atom is 0.0131 e. The number of unbranched alkanes of at least 4 members (excludes halogenated alkanes) is 3. The van der Waals surface area contributed by atoms with Crippen molar-refractivity contribution in [2.75, 3.05) is 5.75 Å². The Morgan fingerprint density at radius 2 is 1.47 bits per heavy atom. The molecule has 0 bridgehead atoms. The highest BCUT2D eigenvalue weighted by atomic mass is 32.2. The first-order chi connectivity index (χ1) is 7.18. The molecule has 0 radical (unpaired) electrons. The van der Waals surface area contributed by atoms with Gasteiger partial charge in [0.2, 0.25) is 0 Å². The molecule has 0 aromatic rings. The molecule has 0 heterocycles. The summed E-state index contributed by atoms with van der Waals surface area (Å²) in [6, 6.07) is 0. The molecule has 0 saturated carbocycles. The molecule has 1 atom stereocenters. The first-order valence-electron chi connectivity index (χ1n) is 6.82. The van der Waals surface area contributed by atoms with Gasteiger partial charge in [-0.3, -0.25) is 0 Å². The van der Waals surface area contributed by atoms with Crippen LogP contribution in [0.2, 0.25) is 0 Å². The molecule has 1 unspecified atom stereocenters. The van der Waals surface area contributed by atoms with Gasteiger partial charge in [0.25, 0.3) is 0 Å². The van der Waals surface area contributed by atoms with Gasteiger partial charge in [-0.05, 0) is 25.0 Å². The monoisotopic (exact) mass is 230 g/mol. The van der Waals surface area contributed by atoms with Gasteiger partial charge in [0, 0.05) is 4.75 Å². The van der Waals surface area contributed by atoms with Gasteiger partial charge < -0.3 is 0 Å². The summed E-state index contributed by atoms with van der Waals surface area (Å²) in [5, 5.41) is 0. The molecule has 0 fully saturated rings. The third kappa shape index (κ3) is 8.19. The van der Waals surface area contributed by atoms with Crippen LogP contribution in [0.4, 0.5) is 0 Å². The van der Waals surface area contributed by atoms with Crippen LogP contribution in [0, 0.1) is 0 Å². The van der Waals surface area contributed by atoms with Crippen molar-refractivity contribution in [1.29, 1.82) is 0 Å². The summed E-state index contributed by atoms with van der Waals surface area (Å²) in [5.41, 5.74) is 0. The minimum absolute atomic E-state index is 0.569. The van der Waals surface area contributed by atoms with Gasteiger partial charge in [0.15, 0.2) is 0 Å². The molecule has 0 N–H and O–H groups in total. The summed E-state index contributed by atoms with van der Waals surface area (Å²) in [6.45, 7) is 9.38. The standard InChI is InChI=1S/C14H30S/c1-5-8-10-12-14(4,11-7-3)15-13-9-6-2/h5-13H2,1-4H3. The summed E-state index contributed by atoms with van der Waals surface area (Å²) in [5.74, 6) is 1.36. The normalized spacial score (nSPS) is 15.2. The van der Waals surface area contributed by atoms with Crippen LogP contribution in [0.15, 0.2) is 0 Å². The Morgan fingerprint density at radius 3 is 2.00 bits per heavy atom. The highest BCUT2D eigenvalue weighted by Gasteiger charge is 2.22. The lowest BCUT2D eigenvalue weighted by Crippen LogP contribution is -2.20. The molecule has 0 aliphatic rings. The fraction of sp³-hybridized carbons (Fsp3) is 1.00. The summed E-state index contributed by atoms with van der Waals surface area (Å²) < 4.78 is 0.569. The van der Waals surface area contributed by atoms with Crippen LogP contribution in [0.3, 0.4) is 0 Å². The van der Waals surface area contributed by atoms with Crippen LogP contribution in [-0.4, -0.2) is 10.5 Å². The maximum absolute atomic E-state index is 2.48. The lowest BCUT2D eigenvalue weighted by molar-refractivity contribution is 0.501. The number of hydrogen-bond donors (Lipinski definition) is 0. The summed E-state index contributed by atoms with van der Waals surface area (Å²) in [7, 11) is 0. The van der Waals surface area contributed by atoms with Crippen LogP contribution in [0.5, 0.6) is 0 Å². The van der Waals surface area contributed by atoms with Crippen LogP contribution < -0.4 is 0 Å². The van der Waals surface area contributed by atoms with Gasteiger partial charge in [-0.25, -0.2) is 0 Å². The average molecular weight is 230 g/mol. The van der Waals surface area contributed by atoms with Crippen molar-refractivity contribution in [3.63, 3.8) is 0 Å². The minimum Gasteiger partial charge on any atom is -0.155 e. The van der Waals surface area contributed by atoms with Crippen LogP contribution in [0.25, 0.3) is 0 Å². The quantitative estimate of drug-likeness (QED) is 0.436. The highest BCUT2D eigenvalue weighted by Crippen LogP contribution is 2.35. The lowest BCUT2D eigenvalue weighted by atomic mass is 9.97. The van der Waals surface area contributed by atoms with E-state index in [-0.39, 0.29) is 0 Å². The second kappa shape index (κ2) is 9.57. The summed E-state index contributed by atoms with van der Waals surface area (Å²) >= 11 is 2.22. The van der Waals surface area contributed by atoms with Crippen LogP contribution in [-0.2, 0) is 0 Å². The van der Waals surface area contributed by atoms with Gasteiger partial charge in [-0.15, -0.1) is 0 Å². The number of rotatable bonds is 10. The molecule has 0 aromatic carbocycles. The third-order valence-corrected chi connectivity index (χ3v) is 4.63. The van der Waals surface area contributed by atoms with Crippen molar-refractivity contribution in [3.8, 4) is 0 Å². The van der Waals surface area contributed by atoms with E-state index < -0.39 is 0 Å². The van der Waals surface area contributed by atoms with E-state index in [0.717, 1.165) is 0 Å². The van der Waals surface area contributed by atoms with Gasteiger partial charge in [-0.2, -0.15) is 11.8 Å². The van der Waals surface area contributed by atoms with E-state index in [0.29, 0.717) is 4.75 Å². The molecule has 0 rings (SSSR count). The van der Waals surface area contributed by atoms with Gasteiger partial charge in [-0.1, -0.05) is 59.8 Å². The first-order valence-corrected chi connectivity index (χ1v) is 7.81. The second-order valence-electron chi connectivity index (χ2n) is 4.86. The fourth-order valence-electron chi connectivity index (χ4n) is 2.01. The Labute approximate surface area is 102 Å². The van der Waals surface area contributed by atoms with Gasteiger partial charge in [0.1, 0.15) is 0 Å². The SMILES string of the molecule is CCCCCC(C)(CCC)SCCCC. The van der Waals surface area contributed by atoms with Crippen LogP contribution >= 0.6 is 11.8 Å². The smallest absolute Gasteiger partial charge is 0.0131 e. The van der Waals surface area contributed by atoms with E-state index >= 15 is 0 Å². The zero-order valence-corrected chi connectivity index (χ0v) is 12.1. The zero-order valence-electron chi connectivity index (χ0n) is 11.3. The predicted molar refractivity (Wildman–Crippen MR) is 74.8 cm³/mol. The Kier molecular flexibility index (Phi) is 9.79. The van der Waals surface area contributed by atoms with Gasteiger partial charge in [0.05, 0.1) is 0 Å². The topological polar surface area (TPSA) is 0 Å². The van der Waals surface area contributed by atoms with E-state index in [4.69, 9.17) is 0 Å². The predicted octanol–water partition coefficient (Wildman–Crippen LogP) is 5.66. The van der Waals surface area contributed by atoms with Gasteiger partial charge >= 0.3 is 0 Å². The van der Waals surface area contributed by atoms with E-state index in [9.17, 15) is 0 Å². The molecular formula is C14H30S. The first kappa shape index (κ1) is 15.3. The van der Waals surface area contributed by atoms with E-state index in [1.165, 1.54) is 57.1 Å². The van der Waals surface area contributed by atoms with Crippen molar-refractivity contribution in [2.24, 2.45) is 0 Å². The molecule has 0 aliphatic heterocycles. The van der Waals surface area contributed by atoms with E-state index in [1.807, 2.05) is 0 Å². The zero-order chi connectivity index (χ0) is 11.6. The Balaban J connectivity index is 3.83. The molecule has 0 saturated heterocycles. The summed E-state index contributed by atoms with van der Waals surface area (Å²) in [4.78, 5) is 0. The molecule has 15 heavy (non-hydrogen) atoms. The minimum atomic E-state index is 0.569. The van der Waals surface area contributed by atoms with Crippen molar-refractivity contribution in [2.45, 2.75) is 83.8 Å². The molecule has 0 nitrogen and oxygen atoms in total. The molecule has 0 aromatic heterocycles. The Hall–Kier alpha value is 0.350. The highest BCUT2D eigenvalue weighted by molar-refractivity contribution is 8.00. The Bertz CT molecular complexity index is 121. The third-order valence-electron chi connectivity index (χ3n) is 3.04. The number of hydrogen-bond acceptors (Lipinski definition) is 1. The molecule has 0 amide bonds. The fourth-order valence-corrected chi connectivity index (χ4v) is 3.57.